The SMILES string of the molecule is CN(C)c1ccc(N=Nc2c(F)c(F)c(NCCO)c(F)c2F)cc1. The fraction of sp³-hybridized carbons (Fsp3) is 0.250. The number of aliphatic hydroxyl groups is 1. The van der Waals surface area contributed by atoms with Crippen molar-refractivity contribution in [2.45, 2.75) is 0 Å². The van der Waals surface area contributed by atoms with Crippen LogP contribution in [0.15, 0.2) is 34.5 Å². The van der Waals surface area contributed by atoms with Crippen LogP contribution in [0.2, 0.25) is 0 Å². The van der Waals surface area contributed by atoms with E-state index in [-0.39, 0.29) is 12.2 Å². The molecular weight excluding hydrogens is 340 g/mol. The molecule has 2 rings (SSSR count). The number of aliphatic hydroxyl groups excluding tert-OH is 1. The lowest BCUT2D eigenvalue weighted by atomic mass is 10.2. The number of hydrogen-bond acceptors (Lipinski definition) is 5. The van der Waals surface area contributed by atoms with E-state index in [4.69, 9.17) is 5.11 Å². The molecule has 0 fully saturated rings. The van der Waals surface area contributed by atoms with Gasteiger partial charge < -0.3 is 15.3 Å². The van der Waals surface area contributed by atoms with E-state index in [2.05, 4.69) is 15.5 Å². The van der Waals surface area contributed by atoms with Crippen molar-refractivity contribution in [3.05, 3.63) is 47.5 Å². The van der Waals surface area contributed by atoms with Crippen molar-refractivity contribution in [1.82, 2.24) is 0 Å². The first kappa shape index (κ1) is 18.7. The van der Waals surface area contributed by atoms with Crippen LogP contribution >= 0.6 is 0 Å². The maximum atomic E-state index is 14.0. The van der Waals surface area contributed by atoms with Gasteiger partial charge in [-0.2, -0.15) is 5.11 Å². The Morgan fingerprint density at radius 3 is 1.96 bits per heavy atom. The first-order valence-electron chi connectivity index (χ1n) is 7.26. The summed E-state index contributed by atoms with van der Waals surface area (Å²) in [7, 11) is 3.67. The third-order valence-electron chi connectivity index (χ3n) is 3.29. The van der Waals surface area contributed by atoms with Crippen molar-refractivity contribution >= 4 is 22.7 Å². The third-order valence-corrected chi connectivity index (χ3v) is 3.29. The molecule has 0 heterocycles. The Morgan fingerprint density at radius 1 is 0.920 bits per heavy atom. The van der Waals surface area contributed by atoms with Crippen molar-refractivity contribution in [3.8, 4) is 0 Å². The summed E-state index contributed by atoms with van der Waals surface area (Å²) in [4.78, 5) is 1.84. The molecule has 0 spiro atoms. The van der Waals surface area contributed by atoms with Crippen molar-refractivity contribution in [1.29, 1.82) is 0 Å². The minimum Gasteiger partial charge on any atom is -0.395 e. The highest BCUT2D eigenvalue weighted by Crippen LogP contribution is 2.34. The molecule has 2 aromatic carbocycles. The Balaban J connectivity index is 2.36. The Bertz CT molecular complexity index is 750. The summed E-state index contributed by atoms with van der Waals surface area (Å²) in [6, 6.07) is 6.48. The number of anilines is 2. The minimum atomic E-state index is -1.67. The summed E-state index contributed by atoms with van der Waals surface area (Å²) in [5, 5.41) is 17.6. The molecule has 0 unspecified atom stereocenters. The topological polar surface area (TPSA) is 60.2 Å². The van der Waals surface area contributed by atoms with Crippen LogP contribution in [0.3, 0.4) is 0 Å². The van der Waals surface area contributed by atoms with Crippen molar-refractivity contribution < 1.29 is 22.7 Å². The maximum absolute atomic E-state index is 14.0. The summed E-state index contributed by atoms with van der Waals surface area (Å²) in [6.07, 6.45) is 0. The number of nitrogens with one attached hydrogen (secondary N) is 1. The molecule has 2 aromatic rings. The van der Waals surface area contributed by atoms with Crippen molar-refractivity contribution in [2.24, 2.45) is 10.2 Å². The van der Waals surface area contributed by atoms with Crippen LogP contribution in [0, 0.1) is 23.3 Å². The van der Waals surface area contributed by atoms with E-state index in [1.54, 1.807) is 24.3 Å². The molecule has 0 aliphatic heterocycles. The average Bonchev–Trinajstić information content (AvgIpc) is 2.60. The van der Waals surface area contributed by atoms with Gasteiger partial charge in [-0.1, -0.05) is 0 Å². The highest BCUT2D eigenvalue weighted by atomic mass is 19.2. The van der Waals surface area contributed by atoms with Gasteiger partial charge in [-0.15, -0.1) is 5.11 Å². The van der Waals surface area contributed by atoms with Gasteiger partial charge in [-0.25, -0.2) is 17.6 Å². The summed E-state index contributed by atoms with van der Waals surface area (Å²) in [5.74, 6) is -6.62. The van der Waals surface area contributed by atoms with Crippen molar-refractivity contribution in [2.75, 3.05) is 37.5 Å². The van der Waals surface area contributed by atoms with Crippen LogP contribution in [0.4, 0.5) is 40.3 Å². The van der Waals surface area contributed by atoms with Crippen LogP contribution in [-0.2, 0) is 0 Å². The van der Waals surface area contributed by atoms with Crippen LogP contribution in [0.1, 0.15) is 0 Å². The predicted octanol–water partition coefficient (Wildman–Crippen LogP) is 4.13. The standard InChI is InChI=1S/C16H16F4N4O/c1-24(2)10-5-3-9(4-6-10)22-23-16-13(19)11(17)15(21-7-8-25)12(18)14(16)20/h3-6,21,25H,7-8H2,1-2H3. The second-order valence-corrected chi connectivity index (χ2v) is 5.24. The van der Waals surface area contributed by atoms with Gasteiger partial charge in [0, 0.05) is 26.3 Å². The average molecular weight is 356 g/mol. The van der Waals surface area contributed by atoms with Gasteiger partial charge >= 0.3 is 0 Å². The molecule has 134 valence electrons. The first-order chi connectivity index (χ1) is 11.9. The lowest BCUT2D eigenvalue weighted by Gasteiger charge is -2.11. The molecule has 0 aliphatic rings. The van der Waals surface area contributed by atoms with E-state index in [1.807, 2.05) is 19.0 Å². The van der Waals surface area contributed by atoms with E-state index >= 15 is 0 Å². The summed E-state index contributed by atoms with van der Waals surface area (Å²) in [5.41, 5.74) is -1.04. The Hall–Kier alpha value is -2.68. The molecular formula is C16H16F4N4O. The number of benzene rings is 2. The van der Waals surface area contributed by atoms with Gasteiger partial charge in [0.15, 0.2) is 29.0 Å². The summed E-state index contributed by atoms with van der Waals surface area (Å²) < 4.78 is 55.6. The molecule has 0 amide bonds. The molecule has 0 radical (unpaired) electrons. The molecule has 0 aliphatic carbocycles. The Morgan fingerprint density at radius 2 is 1.48 bits per heavy atom. The molecule has 0 saturated heterocycles. The largest absolute Gasteiger partial charge is 0.395 e. The molecule has 0 atom stereocenters. The number of hydrogen-bond donors (Lipinski definition) is 2. The first-order valence-corrected chi connectivity index (χ1v) is 7.26. The molecule has 0 saturated carbocycles. The van der Waals surface area contributed by atoms with Gasteiger partial charge in [0.25, 0.3) is 0 Å². The van der Waals surface area contributed by atoms with Crippen molar-refractivity contribution in [3.63, 3.8) is 0 Å². The molecule has 2 N–H and O–H groups in total. The summed E-state index contributed by atoms with van der Waals surface area (Å²) >= 11 is 0. The maximum Gasteiger partial charge on any atom is 0.191 e. The molecule has 0 bridgehead atoms. The fourth-order valence-corrected chi connectivity index (χ4v) is 1.97. The molecule has 25 heavy (non-hydrogen) atoms. The second-order valence-electron chi connectivity index (χ2n) is 5.24. The molecule has 5 nitrogen and oxygen atoms in total. The highest BCUT2D eigenvalue weighted by molar-refractivity contribution is 5.56. The number of halogens is 4. The van der Waals surface area contributed by atoms with Crippen LogP contribution in [0.25, 0.3) is 0 Å². The van der Waals surface area contributed by atoms with Gasteiger partial charge in [-0.3, -0.25) is 0 Å². The smallest absolute Gasteiger partial charge is 0.191 e. The van der Waals surface area contributed by atoms with Crippen LogP contribution < -0.4 is 10.2 Å². The zero-order valence-electron chi connectivity index (χ0n) is 13.5. The van der Waals surface area contributed by atoms with E-state index < -0.39 is 41.3 Å². The number of rotatable bonds is 6. The lowest BCUT2D eigenvalue weighted by Crippen LogP contribution is -2.11. The lowest BCUT2D eigenvalue weighted by molar-refractivity contribution is 0.310. The molecule has 0 aromatic heterocycles. The zero-order valence-corrected chi connectivity index (χ0v) is 13.5. The fourth-order valence-electron chi connectivity index (χ4n) is 1.97. The number of azo groups is 1. The second kappa shape index (κ2) is 7.93. The normalized spacial score (nSPS) is 11.2. The molecule has 9 heteroatoms. The van der Waals surface area contributed by atoms with E-state index in [9.17, 15) is 17.6 Å². The van der Waals surface area contributed by atoms with E-state index in [0.717, 1.165) is 5.69 Å². The highest BCUT2D eigenvalue weighted by Gasteiger charge is 2.25. The zero-order chi connectivity index (χ0) is 18.6. The quantitative estimate of drug-likeness (QED) is 0.465. The Kier molecular flexibility index (Phi) is 5.92. The van der Waals surface area contributed by atoms with Crippen LogP contribution in [-0.4, -0.2) is 32.4 Å². The third kappa shape index (κ3) is 4.05. The van der Waals surface area contributed by atoms with E-state index in [1.165, 1.54) is 0 Å². The minimum absolute atomic E-state index is 0.257. The van der Waals surface area contributed by atoms with Gasteiger partial charge in [-0.05, 0) is 24.3 Å². The predicted molar refractivity (Wildman–Crippen MR) is 86.8 cm³/mol. The van der Waals surface area contributed by atoms with Gasteiger partial charge in [0.2, 0.25) is 0 Å². The monoisotopic (exact) mass is 356 g/mol. The van der Waals surface area contributed by atoms with Gasteiger partial charge in [0.05, 0.1) is 12.3 Å². The summed E-state index contributed by atoms with van der Waals surface area (Å²) in [6.45, 7) is -0.738. The van der Waals surface area contributed by atoms with E-state index in [0.29, 0.717) is 0 Å². The number of nitrogens with zero attached hydrogens (tertiary/aromatic N) is 3. The van der Waals surface area contributed by atoms with Gasteiger partial charge in [0.1, 0.15) is 5.69 Å². The Labute approximate surface area is 141 Å². The van der Waals surface area contributed by atoms with Crippen LogP contribution in [0.5, 0.6) is 0 Å².